The maximum absolute atomic E-state index is 13.5. The van der Waals surface area contributed by atoms with Gasteiger partial charge < -0.3 is 4.90 Å². The Hall–Kier alpha value is -1.38. The van der Waals surface area contributed by atoms with Gasteiger partial charge in [-0.1, -0.05) is 13.8 Å². The summed E-state index contributed by atoms with van der Waals surface area (Å²) in [4.78, 5) is 12.3. The van der Waals surface area contributed by atoms with Crippen LogP contribution >= 0.6 is 0 Å². The van der Waals surface area contributed by atoms with Gasteiger partial charge >= 0.3 is 0 Å². The Morgan fingerprint density at radius 1 is 1.47 bits per heavy atom. The van der Waals surface area contributed by atoms with Crippen LogP contribution in [0.15, 0.2) is 18.2 Å². The van der Waals surface area contributed by atoms with Gasteiger partial charge in [0.15, 0.2) is 0 Å². The summed E-state index contributed by atoms with van der Waals surface area (Å²) in [6, 6.07) is 4.53. The molecule has 15 heavy (non-hydrogen) atoms. The van der Waals surface area contributed by atoms with E-state index in [-0.39, 0.29) is 5.82 Å². The minimum absolute atomic E-state index is 0.345. The summed E-state index contributed by atoms with van der Waals surface area (Å²) < 4.78 is 13.5. The van der Waals surface area contributed by atoms with Crippen LogP contribution < -0.4 is 4.90 Å². The van der Waals surface area contributed by atoms with Gasteiger partial charge in [0.25, 0.3) is 0 Å². The number of anilines is 1. The fraction of sp³-hybridized carbons (Fsp3) is 0.417. The fourth-order valence-electron chi connectivity index (χ4n) is 1.55. The summed E-state index contributed by atoms with van der Waals surface area (Å²) in [5.74, 6) is 0.128. The van der Waals surface area contributed by atoms with Crippen LogP contribution in [0, 0.1) is 11.7 Å². The van der Waals surface area contributed by atoms with Crippen molar-refractivity contribution in [3.05, 3.63) is 29.6 Å². The van der Waals surface area contributed by atoms with Gasteiger partial charge in [-0.3, -0.25) is 4.79 Å². The molecule has 0 heterocycles. The average Bonchev–Trinajstić information content (AvgIpc) is 2.16. The van der Waals surface area contributed by atoms with E-state index in [0.29, 0.717) is 23.5 Å². The normalized spacial score (nSPS) is 10.5. The van der Waals surface area contributed by atoms with Crippen LogP contribution in [-0.4, -0.2) is 19.9 Å². The highest BCUT2D eigenvalue weighted by Crippen LogP contribution is 2.19. The van der Waals surface area contributed by atoms with Crippen molar-refractivity contribution >= 4 is 12.0 Å². The molecule has 0 atom stereocenters. The molecular weight excluding hydrogens is 193 g/mol. The van der Waals surface area contributed by atoms with Crippen molar-refractivity contribution < 1.29 is 9.18 Å². The van der Waals surface area contributed by atoms with Crippen LogP contribution in [0.25, 0.3) is 0 Å². The second-order valence-electron chi connectivity index (χ2n) is 4.10. The van der Waals surface area contributed by atoms with E-state index in [4.69, 9.17) is 0 Å². The lowest BCUT2D eigenvalue weighted by molar-refractivity contribution is 0.112. The molecule has 0 spiro atoms. The average molecular weight is 209 g/mol. The standard InChI is InChI=1S/C12H16FNO/c1-9(2)7-14(3)12-5-4-10(8-15)6-11(12)13/h4-6,8-9H,7H2,1-3H3. The van der Waals surface area contributed by atoms with Crippen molar-refractivity contribution in [3.8, 4) is 0 Å². The van der Waals surface area contributed by atoms with E-state index in [0.717, 1.165) is 6.54 Å². The summed E-state index contributed by atoms with van der Waals surface area (Å²) in [5, 5.41) is 0. The highest BCUT2D eigenvalue weighted by atomic mass is 19.1. The Labute approximate surface area is 89.7 Å². The quantitative estimate of drug-likeness (QED) is 0.711. The molecule has 0 aliphatic rings. The predicted molar refractivity (Wildman–Crippen MR) is 59.9 cm³/mol. The first-order valence-electron chi connectivity index (χ1n) is 5.00. The summed E-state index contributed by atoms with van der Waals surface area (Å²) in [7, 11) is 1.85. The van der Waals surface area contributed by atoms with E-state index in [9.17, 15) is 9.18 Å². The fourth-order valence-corrected chi connectivity index (χ4v) is 1.55. The number of hydrogen-bond donors (Lipinski definition) is 0. The Morgan fingerprint density at radius 2 is 2.13 bits per heavy atom. The van der Waals surface area contributed by atoms with Crippen molar-refractivity contribution in [1.29, 1.82) is 0 Å². The van der Waals surface area contributed by atoms with E-state index in [2.05, 4.69) is 13.8 Å². The lowest BCUT2D eigenvalue weighted by atomic mass is 10.1. The maximum Gasteiger partial charge on any atom is 0.150 e. The van der Waals surface area contributed by atoms with Crippen LogP contribution in [0.5, 0.6) is 0 Å². The third-order valence-corrected chi connectivity index (χ3v) is 2.16. The van der Waals surface area contributed by atoms with E-state index in [1.165, 1.54) is 6.07 Å². The second kappa shape index (κ2) is 4.91. The summed E-state index contributed by atoms with van der Waals surface area (Å²) in [6.45, 7) is 4.94. The molecule has 0 aromatic heterocycles. The molecular formula is C12H16FNO. The molecule has 0 fully saturated rings. The summed E-state index contributed by atoms with van der Waals surface area (Å²) >= 11 is 0. The molecule has 2 nitrogen and oxygen atoms in total. The predicted octanol–water partition coefficient (Wildman–Crippen LogP) is 2.73. The second-order valence-corrected chi connectivity index (χ2v) is 4.10. The molecule has 0 aliphatic carbocycles. The van der Waals surface area contributed by atoms with Crippen LogP contribution in [0.4, 0.5) is 10.1 Å². The van der Waals surface area contributed by atoms with Gasteiger partial charge in [-0.05, 0) is 24.1 Å². The summed E-state index contributed by atoms with van der Waals surface area (Å²) in [6.07, 6.45) is 0.648. The zero-order chi connectivity index (χ0) is 11.4. The first-order valence-corrected chi connectivity index (χ1v) is 5.00. The first-order chi connectivity index (χ1) is 7.04. The molecule has 0 saturated carbocycles. The molecule has 82 valence electrons. The molecule has 0 bridgehead atoms. The minimum Gasteiger partial charge on any atom is -0.372 e. The lowest BCUT2D eigenvalue weighted by Crippen LogP contribution is -2.23. The SMILES string of the molecule is CC(C)CN(C)c1ccc(C=O)cc1F. The molecule has 0 saturated heterocycles. The molecule has 0 unspecified atom stereocenters. The minimum atomic E-state index is -0.345. The maximum atomic E-state index is 13.5. The van der Waals surface area contributed by atoms with Gasteiger partial charge in [-0.2, -0.15) is 0 Å². The smallest absolute Gasteiger partial charge is 0.150 e. The number of benzene rings is 1. The first kappa shape index (κ1) is 11.7. The van der Waals surface area contributed by atoms with Gasteiger partial charge in [0.2, 0.25) is 0 Å². The third-order valence-electron chi connectivity index (χ3n) is 2.16. The topological polar surface area (TPSA) is 20.3 Å². The van der Waals surface area contributed by atoms with Crippen molar-refractivity contribution in [3.63, 3.8) is 0 Å². The molecule has 0 radical (unpaired) electrons. The number of nitrogens with zero attached hydrogens (tertiary/aromatic N) is 1. The van der Waals surface area contributed by atoms with Crippen LogP contribution in [0.3, 0.4) is 0 Å². The van der Waals surface area contributed by atoms with Gasteiger partial charge in [-0.15, -0.1) is 0 Å². The Bertz CT molecular complexity index is 349. The molecule has 3 heteroatoms. The largest absolute Gasteiger partial charge is 0.372 e. The van der Waals surface area contributed by atoms with E-state index >= 15 is 0 Å². The van der Waals surface area contributed by atoms with Crippen LogP contribution in [0.1, 0.15) is 24.2 Å². The molecule has 1 aromatic carbocycles. The number of hydrogen-bond acceptors (Lipinski definition) is 2. The van der Waals surface area contributed by atoms with Crippen LogP contribution in [-0.2, 0) is 0 Å². The monoisotopic (exact) mass is 209 g/mol. The van der Waals surface area contributed by atoms with E-state index < -0.39 is 0 Å². The molecule has 0 N–H and O–H groups in total. The van der Waals surface area contributed by atoms with E-state index in [1.807, 2.05) is 11.9 Å². The molecule has 1 aromatic rings. The highest BCUT2D eigenvalue weighted by molar-refractivity contribution is 5.75. The van der Waals surface area contributed by atoms with Gasteiger partial charge in [0.1, 0.15) is 12.1 Å². The Morgan fingerprint density at radius 3 is 2.60 bits per heavy atom. The van der Waals surface area contributed by atoms with Crippen molar-refractivity contribution in [2.75, 3.05) is 18.5 Å². The van der Waals surface area contributed by atoms with Crippen LogP contribution in [0.2, 0.25) is 0 Å². The van der Waals surface area contributed by atoms with Crippen molar-refractivity contribution in [2.24, 2.45) is 5.92 Å². The molecule has 1 rings (SSSR count). The third kappa shape index (κ3) is 3.05. The molecule has 0 amide bonds. The number of aldehydes is 1. The summed E-state index contributed by atoms with van der Waals surface area (Å²) in [5.41, 5.74) is 0.906. The van der Waals surface area contributed by atoms with Crippen molar-refractivity contribution in [1.82, 2.24) is 0 Å². The Kier molecular flexibility index (Phi) is 3.83. The number of carbonyl (C=O) groups excluding carboxylic acids is 1. The van der Waals surface area contributed by atoms with E-state index in [1.54, 1.807) is 12.1 Å². The van der Waals surface area contributed by atoms with Crippen molar-refractivity contribution in [2.45, 2.75) is 13.8 Å². The Balaban J connectivity index is 2.90. The van der Waals surface area contributed by atoms with Gasteiger partial charge in [0, 0.05) is 19.2 Å². The van der Waals surface area contributed by atoms with Gasteiger partial charge in [-0.25, -0.2) is 4.39 Å². The van der Waals surface area contributed by atoms with Gasteiger partial charge in [0.05, 0.1) is 5.69 Å². The number of halogens is 1. The molecule has 0 aliphatic heterocycles. The number of rotatable bonds is 4. The zero-order valence-electron chi connectivity index (χ0n) is 9.33. The zero-order valence-corrected chi connectivity index (χ0v) is 9.33. The highest BCUT2D eigenvalue weighted by Gasteiger charge is 2.09. The lowest BCUT2D eigenvalue weighted by Gasteiger charge is -2.22. The number of carbonyl (C=O) groups is 1.